The van der Waals surface area contributed by atoms with Crippen molar-refractivity contribution in [2.45, 2.75) is 79.7 Å². The third kappa shape index (κ3) is 6.93. The van der Waals surface area contributed by atoms with Crippen LogP contribution in [0.15, 0.2) is 149 Å². The van der Waals surface area contributed by atoms with Crippen molar-refractivity contribution in [1.29, 1.82) is 0 Å². The summed E-state index contributed by atoms with van der Waals surface area (Å²) >= 11 is 0. The van der Waals surface area contributed by atoms with E-state index in [-0.39, 0.29) is 17.4 Å². The van der Waals surface area contributed by atoms with Gasteiger partial charge in [0.1, 0.15) is 0 Å². The Balaban J connectivity index is 1.27. The molecular weight excluding hydrogens is 641 g/mol. The molecule has 2 aliphatic rings. The van der Waals surface area contributed by atoms with Gasteiger partial charge in [0.05, 0.1) is 11.8 Å². The highest BCUT2D eigenvalue weighted by Gasteiger charge is 2.37. The van der Waals surface area contributed by atoms with E-state index in [0.717, 1.165) is 30.0 Å². The summed E-state index contributed by atoms with van der Waals surface area (Å²) in [6, 6.07) is 44.6. The van der Waals surface area contributed by atoms with E-state index in [1.807, 2.05) is 0 Å². The van der Waals surface area contributed by atoms with Gasteiger partial charge in [0.15, 0.2) is 5.84 Å². The number of fused-ring (bicyclic) bond motifs is 3. The second-order valence-electron chi connectivity index (χ2n) is 15.9. The molecule has 0 aromatic heterocycles. The van der Waals surface area contributed by atoms with E-state index < -0.39 is 0 Å². The van der Waals surface area contributed by atoms with Crippen molar-refractivity contribution in [1.82, 2.24) is 0 Å². The largest absolute Gasteiger partial charge is 0.257 e. The maximum Gasteiger partial charge on any atom is 0.155 e. The predicted molar refractivity (Wildman–Crippen MR) is 228 cm³/mol. The molecule has 5 aromatic carbocycles. The van der Waals surface area contributed by atoms with Crippen molar-refractivity contribution in [3.05, 3.63) is 172 Å². The van der Waals surface area contributed by atoms with Gasteiger partial charge in [-0.2, -0.15) is 0 Å². The number of benzene rings is 5. The van der Waals surface area contributed by atoms with Gasteiger partial charge in [-0.3, -0.25) is 4.99 Å². The monoisotopic (exact) mass is 694 g/mol. The Hall–Kier alpha value is -5.08. The third-order valence-electron chi connectivity index (χ3n) is 12.0. The lowest BCUT2D eigenvalue weighted by molar-refractivity contribution is 0.458. The molecule has 2 heteroatoms. The van der Waals surface area contributed by atoms with Crippen LogP contribution in [-0.2, 0) is 5.41 Å². The van der Waals surface area contributed by atoms with Gasteiger partial charge in [0, 0.05) is 16.9 Å². The first-order valence-corrected chi connectivity index (χ1v) is 19.6. The van der Waals surface area contributed by atoms with Crippen LogP contribution in [-0.4, -0.2) is 11.5 Å². The SMILES string of the molecule is CCC(C)C(C)/C(=C\C=C(C)C)c1ccc(C2=NC(c3ccccc3)=N[C@@H](c3ccc(-c4cccc5c4-c4ccccc4C5(C)C)cc3)C2CC)cc1. The highest BCUT2D eigenvalue weighted by Crippen LogP contribution is 2.52. The summed E-state index contributed by atoms with van der Waals surface area (Å²) in [4.78, 5) is 10.8. The molecule has 0 saturated carbocycles. The molecule has 268 valence electrons. The Morgan fingerprint density at radius 2 is 1.32 bits per heavy atom. The van der Waals surface area contributed by atoms with E-state index >= 15 is 0 Å². The Morgan fingerprint density at radius 1 is 0.679 bits per heavy atom. The maximum absolute atomic E-state index is 5.41. The van der Waals surface area contributed by atoms with Crippen molar-refractivity contribution in [3.63, 3.8) is 0 Å². The smallest absolute Gasteiger partial charge is 0.155 e. The first-order valence-electron chi connectivity index (χ1n) is 19.6. The van der Waals surface area contributed by atoms with E-state index in [2.05, 4.69) is 189 Å². The normalized spacial score (nSPS) is 18.7. The molecule has 1 aliphatic carbocycles. The summed E-state index contributed by atoms with van der Waals surface area (Å²) in [6.07, 6.45) is 6.68. The summed E-state index contributed by atoms with van der Waals surface area (Å²) in [5.74, 6) is 2.00. The van der Waals surface area contributed by atoms with Crippen molar-refractivity contribution in [3.8, 4) is 22.3 Å². The highest BCUT2D eigenvalue weighted by atomic mass is 15.0. The summed E-state index contributed by atoms with van der Waals surface area (Å²) in [6.45, 7) is 18.3. The minimum absolute atomic E-state index is 0.0234. The number of hydrogen-bond donors (Lipinski definition) is 0. The molecular formula is C51H54N2. The molecule has 0 radical (unpaired) electrons. The highest BCUT2D eigenvalue weighted by molar-refractivity contribution is 6.15. The lowest BCUT2D eigenvalue weighted by Gasteiger charge is -2.30. The van der Waals surface area contributed by atoms with Crippen LogP contribution in [0.5, 0.6) is 0 Å². The summed E-state index contributed by atoms with van der Waals surface area (Å²) in [5, 5.41) is 0. The van der Waals surface area contributed by atoms with E-state index in [9.17, 15) is 0 Å². The molecule has 5 aromatic rings. The molecule has 2 nitrogen and oxygen atoms in total. The standard InChI is InChI=1S/C51H54N2/c1-9-34(5)35(6)42(32-23-33(3)4)36-24-28-38(29-25-36)48-41(10-2)49(53-50(52-48)40-17-12-11-13-18-40)39-30-26-37(27-31-39)43-20-16-22-46-47(43)44-19-14-15-21-45(44)51(46,7)8/h11-32,34-35,41,49H,9-10H2,1-8H3/b42-32+/t34?,35?,41?,49-/m0/s1. The zero-order valence-electron chi connectivity index (χ0n) is 32.8. The fourth-order valence-electron chi connectivity index (χ4n) is 8.44. The van der Waals surface area contributed by atoms with E-state index in [1.54, 1.807) is 0 Å². The fraction of sp³-hybridized carbons (Fsp3) is 0.294. The van der Waals surface area contributed by atoms with Crippen LogP contribution in [0.4, 0.5) is 0 Å². The first-order chi connectivity index (χ1) is 25.6. The van der Waals surface area contributed by atoms with Crippen LogP contribution in [0.25, 0.3) is 27.8 Å². The van der Waals surface area contributed by atoms with Gasteiger partial charge in [-0.15, -0.1) is 0 Å². The molecule has 0 saturated heterocycles. The molecule has 0 fully saturated rings. The van der Waals surface area contributed by atoms with Crippen LogP contribution in [0.1, 0.15) is 108 Å². The second-order valence-corrected chi connectivity index (χ2v) is 15.9. The molecule has 0 N–H and O–H groups in total. The molecule has 4 atom stereocenters. The summed E-state index contributed by atoms with van der Waals surface area (Å²) in [7, 11) is 0. The van der Waals surface area contributed by atoms with Crippen molar-refractivity contribution < 1.29 is 0 Å². The van der Waals surface area contributed by atoms with Crippen LogP contribution in [0, 0.1) is 17.8 Å². The number of hydrogen-bond acceptors (Lipinski definition) is 2. The van der Waals surface area contributed by atoms with Crippen LogP contribution in [0.2, 0.25) is 0 Å². The average Bonchev–Trinajstić information content (AvgIpc) is 3.43. The molecule has 7 rings (SSSR count). The minimum Gasteiger partial charge on any atom is -0.257 e. The predicted octanol–water partition coefficient (Wildman–Crippen LogP) is 13.7. The molecule has 1 aliphatic heterocycles. The lowest BCUT2D eigenvalue weighted by Crippen LogP contribution is -2.28. The van der Waals surface area contributed by atoms with Gasteiger partial charge in [-0.25, -0.2) is 4.99 Å². The van der Waals surface area contributed by atoms with Crippen LogP contribution in [0.3, 0.4) is 0 Å². The van der Waals surface area contributed by atoms with E-state index in [0.29, 0.717) is 11.8 Å². The second kappa shape index (κ2) is 15.1. The van der Waals surface area contributed by atoms with Gasteiger partial charge in [-0.05, 0) is 87.7 Å². The van der Waals surface area contributed by atoms with Gasteiger partial charge in [0.2, 0.25) is 0 Å². The topological polar surface area (TPSA) is 24.7 Å². The number of amidine groups is 1. The molecule has 0 bridgehead atoms. The first kappa shape index (κ1) is 36.3. The minimum atomic E-state index is -0.0453. The zero-order valence-corrected chi connectivity index (χ0v) is 32.8. The van der Waals surface area contributed by atoms with Crippen molar-refractivity contribution in [2.24, 2.45) is 27.7 Å². The molecule has 3 unspecified atom stereocenters. The lowest BCUT2D eigenvalue weighted by atomic mass is 9.80. The number of nitrogens with zero attached hydrogens (tertiary/aromatic N) is 2. The molecule has 0 amide bonds. The van der Waals surface area contributed by atoms with Crippen molar-refractivity contribution in [2.75, 3.05) is 0 Å². The fourth-order valence-corrected chi connectivity index (χ4v) is 8.44. The Bertz CT molecular complexity index is 2210. The quantitative estimate of drug-likeness (QED) is 0.130. The summed E-state index contributed by atoms with van der Waals surface area (Å²) in [5.41, 5.74) is 16.6. The molecule has 0 spiro atoms. The van der Waals surface area contributed by atoms with Gasteiger partial charge in [-0.1, -0.05) is 187 Å². The Kier molecular flexibility index (Phi) is 10.3. The Morgan fingerprint density at radius 3 is 2.00 bits per heavy atom. The van der Waals surface area contributed by atoms with Gasteiger partial charge < -0.3 is 0 Å². The third-order valence-corrected chi connectivity index (χ3v) is 12.0. The van der Waals surface area contributed by atoms with Crippen molar-refractivity contribution >= 4 is 17.1 Å². The molecule has 53 heavy (non-hydrogen) atoms. The maximum atomic E-state index is 5.41. The van der Waals surface area contributed by atoms with Gasteiger partial charge >= 0.3 is 0 Å². The summed E-state index contributed by atoms with van der Waals surface area (Å²) < 4.78 is 0. The zero-order chi connectivity index (χ0) is 37.3. The van der Waals surface area contributed by atoms with Crippen LogP contribution >= 0.6 is 0 Å². The van der Waals surface area contributed by atoms with Crippen LogP contribution < -0.4 is 0 Å². The number of allylic oxidation sites excluding steroid dienone is 4. The van der Waals surface area contributed by atoms with E-state index in [4.69, 9.17) is 9.98 Å². The van der Waals surface area contributed by atoms with E-state index in [1.165, 1.54) is 61.2 Å². The number of aliphatic imine (C=N–C) groups is 2. The number of rotatable bonds is 10. The molecule has 1 heterocycles. The van der Waals surface area contributed by atoms with Gasteiger partial charge in [0.25, 0.3) is 0 Å². The average molecular weight is 695 g/mol. The Labute approximate surface area is 318 Å².